The molecule has 1 rings (SSSR count). The molecule has 0 aromatic heterocycles. The number of aliphatic hydroxyl groups is 2. The first-order valence-electron chi connectivity index (χ1n) is 6.43. The maximum Gasteiger partial charge on any atom is 0.254 e. The summed E-state index contributed by atoms with van der Waals surface area (Å²) in [5.41, 5.74) is 1.16. The van der Waals surface area contributed by atoms with E-state index in [-0.39, 0.29) is 19.1 Å². The summed E-state index contributed by atoms with van der Waals surface area (Å²) in [4.78, 5) is 13.9. The molecule has 0 saturated heterocycles. The van der Waals surface area contributed by atoms with E-state index in [2.05, 4.69) is 11.8 Å². The van der Waals surface area contributed by atoms with Crippen molar-refractivity contribution in [2.45, 2.75) is 26.4 Å². The van der Waals surface area contributed by atoms with Gasteiger partial charge in [-0.1, -0.05) is 17.9 Å². The first-order valence-corrected chi connectivity index (χ1v) is 6.43. The molecular formula is C16H21NO3. The second-order valence-electron chi connectivity index (χ2n) is 5.46. The molecule has 20 heavy (non-hydrogen) atoms. The number of hydrogen-bond acceptors (Lipinski definition) is 3. The minimum Gasteiger partial charge on any atom is -0.389 e. The Kier molecular flexibility index (Phi) is 5.32. The molecule has 4 heteroatoms. The molecule has 1 amide bonds. The van der Waals surface area contributed by atoms with Crippen molar-refractivity contribution < 1.29 is 15.0 Å². The van der Waals surface area contributed by atoms with Crippen LogP contribution < -0.4 is 0 Å². The summed E-state index contributed by atoms with van der Waals surface area (Å²) in [6, 6.07) is 5.35. The summed E-state index contributed by atoms with van der Waals surface area (Å²) in [6.07, 6.45) is 0. The number of likely N-dealkylation sites (N-methyl/N-ethyl adjacent to an activating group) is 1. The molecule has 0 heterocycles. The summed E-state index contributed by atoms with van der Waals surface area (Å²) in [5.74, 6) is 5.19. The molecule has 0 aliphatic carbocycles. The maximum atomic E-state index is 12.4. The highest BCUT2D eigenvalue weighted by atomic mass is 16.3. The Morgan fingerprint density at radius 3 is 2.60 bits per heavy atom. The predicted octanol–water partition coefficient (Wildman–Crippen LogP) is 1.18. The largest absolute Gasteiger partial charge is 0.389 e. The Hall–Kier alpha value is -1.83. The van der Waals surface area contributed by atoms with Crippen molar-refractivity contribution in [3.8, 4) is 11.8 Å². The smallest absolute Gasteiger partial charge is 0.254 e. The van der Waals surface area contributed by atoms with Gasteiger partial charge in [0.25, 0.3) is 5.91 Å². The van der Waals surface area contributed by atoms with Crippen molar-refractivity contribution in [2.24, 2.45) is 0 Å². The van der Waals surface area contributed by atoms with Gasteiger partial charge in [0.1, 0.15) is 6.61 Å². The van der Waals surface area contributed by atoms with Crippen LogP contribution in [0, 0.1) is 18.8 Å². The average molecular weight is 275 g/mol. The molecular weight excluding hydrogens is 254 g/mol. The van der Waals surface area contributed by atoms with Gasteiger partial charge in [0.2, 0.25) is 0 Å². The highest BCUT2D eigenvalue weighted by molar-refractivity contribution is 5.95. The number of carbonyl (C=O) groups excluding carboxylic acids is 1. The van der Waals surface area contributed by atoms with Crippen LogP contribution in [0.4, 0.5) is 0 Å². The van der Waals surface area contributed by atoms with E-state index in [4.69, 9.17) is 5.11 Å². The first kappa shape index (κ1) is 16.2. The summed E-state index contributed by atoms with van der Waals surface area (Å²) < 4.78 is 0. The van der Waals surface area contributed by atoms with Crippen molar-refractivity contribution in [3.05, 3.63) is 34.9 Å². The van der Waals surface area contributed by atoms with Crippen LogP contribution >= 0.6 is 0 Å². The van der Waals surface area contributed by atoms with Crippen molar-refractivity contribution >= 4 is 5.91 Å². The molecule has 0 unspecified atom stereocenters. The second-order valence-corrected chi connectivity index (χ2v) is 5.46. The first-order chi connectivity index (χ1) is 9.24. The van der Waals surface area contributed by atoms with Gasteiger partial charge in [-0.3, -0.25) is 4.79 Å². The fraction of sp³-hybridized carbons (Fsp3) is 0.438. The zero-order valence-electron chi connectivity index (χ0n) is 12.4. The van der Waals surface area contributed by atoms with Crippen LogP contribution in [0.15, 0.2) is 18.2 Å². The molecule has 0 aliphatic heterocycles. The van der Waals surface area contributed by atoms with Crippen molar-refractivity contribution in [3.63, 3.8) is 0 Å². The lowest BCUT2D eigenvalue weighted by atomic mass is 10.0. The number of hydrogen-bond donors (Lipinski definition) is 2. The van der Waals surface area contributed by atoms with Crippen molar-refractivity contribution in [1.82, 2.24) is 4.90 Å². The van der Waals surface area contributed by atoms with Crippen LogP contribution in [0.3, 0.4) is 0 Å². The van der Waals surface area contributed by atoms with Gasteiger partial charge >= 0.3 is 0 Å². The summed E-state index contributed by atoms with van der Waals surface area (Å²) in [5, 5.41) is 18.5. The lowest BCUT2D eigenvalue weighted by Crippen LogP contribution is -2.39. The number of nitrogens with zero attached hydrogens (tertiary/aromatic N) is 1. The van der Waals surface area contributed by atoms with E-state index in [1.165, 1.54) is 4.90 Å². The Balaban J connectivity index is 3.03. The molecule has 4 nitrogen and oxygen atoms in total. The highest BCUT2D eigenvalue weighted by Gasteiger charge is 2.21. The second kappa shape index (κ2) is 6.56. The molecule has 0 atom stereocenters. The zero-order valence-corrected chi connectivity index (χ0v) is 12.4. The fourth-order valence-electron chi connectivity index (χ4n) is 1.93. The van der Waals surface area contributed by atoms with Gasteiger partial charge in [-0.25, -0.2) is 0 Å². The molecule has 0 spiro atoms. The van der Waals surface area contributed by atoms with Crippen LogP contribution in [-0.2, 0) is 0 Å². The zero-order chi connectivity index (χ0) is 15.3. The Morgan fingerprint density at radius 1 is 1.40 bits per heavy atom. The van der Waals surface area contributed by atoms with Gasteiger partial charge in [-0.05, 0) is 38.5 Å². The summed E-state index contributed by atoms with van der Waals surface area (Å²) in [6.45, 7) is 5.21. The molecule has 1 aromatic carbocycles. The number of amides is 1. The number of benzene rings is 1. The Morgan fingerprint density at radius 2 is 2.05 bits per heavy atom. The molecule has 0 bridgehead atoms. The maximum absolute atomic E-state index is 12.4. The Labute approximate surface area is 120 Å². The lowest BCUT2D eigenvalue weighted by molar-refractivity contribution is 0.0367. The Bertz CT molecular complexity index is 547. The third kappa shape index (κ3) is 4.69. The lowest BCUT2D eigenvalue weighted by Gasteiger charge is -2.26. The number of carbonyl (C=O) groups is 1. The molecule has 0 radical (unpaired) electrons. The standard InChI is InChI=1S/C16H21NO3/c1-12-7-8-13(6-5-9-18)10-14(12)15(19)17(4)11-16(2,3)20/h7-8,10,18,20H,9,11H2,1-4H3. The van der Waals surface area contributed by atoms with Crippen molar-refractivity contribution in [1.29, 1.82) is 0 Å². The molecule has 0 aliphatic rings. The van der Waals surface area contributed by atoms with E-state index in [1.54, 1.807) is 27.0 Å². The number of aliphatic hydroxyl groups excluding tert-OH is 1. The average Bonchev–Trinajstić information content (AvgIpc) is 2.35. The molecule has 0 saturated carbocycles. The normalized spacial score (nSPS) is 10.7. The van der Waals surface area contributed by atoms with E-state index in [0.29, 0.717) is 11.1 Å². The van der Waals surface area contributed by atoms with Crippen LogP contribution in [0.1, 0.15) is 35.3 Å². The van der Waals surface area contributed by atoms with E-state index in [1.807, 2.05) is 19.1 Å². The van der Waals surface area contributed by atoms with Crippen molar-refractivity contribution in [2.75, 3.05) is 20.2 Å². The summed E-state index contributed by atoms with van der Waals surface area (Å²) in [7, 11) is 1.66. The highest BCUT2D eigenvalue weighted by Crippen LogP contribution is 2.14. The van der Waals surface area contributed by atoms with Gasteiger partial charge in [-0.2, -0.15) is 0 Å². The predicted molar refractivity (Wildman–Crippen MR) is 78.4 cm³/mol. The topological polar surface area (TPSA) is 60.8 Å². The van der Waals surface area contributed by atoms with Crippen LogP contribution in [0.5, 0.6) is 0 Å². The van der Waals surface area contributed by atoms with Gasteiger partial charge in [0.05, 0.1) is 5.60 Å². The van der Waals surface area contributed by atoms with E-state index < -0.39 is 5.60 Å². The van der Waals surface area contributed by atoms with Crippen LogP contribution in [0.25, 0.3) is 0 Å². The fourth-order valence-corrected chi connectivity index (χ4v) is 1.93. The van der Waals surface area contributed by atoms with E-state index in [9.17, 15) is 9.90 Å². The van der Waals surface area contributed by atoms with Crippen LogP contribution in [0.2, 0.25) is 0 Å². The molecule has 1 aromatic rings. The number of rotatable bonds is 3. The minimum atomic E-state index is -0.938. The summed E-state index contributed by atoms with van der Waals surface area (Å²) >= 11 is 0. The number of aryl methyl sites for hydroxylation is 1. The van der Waals surface area contributed by atoms with E-state index >= 15 is 0 Å². The van der Waals surface area contributed by atoms with Gasteiger partial charge in [0.15, 0.2) is 0 Å². The van der Waals surface area contributed by atoms with Gasteiger partial charge < -0.3 is 15.1 Å². The quantitative estimate of drug-likeness (QED) is 0.814. The van der Waals surface area contributed by atoms with Gasteiger partial charge in [-0.15, -0.1) is 0 Å². The van der Waals surface area contributed by atoms with E-state index in [0.717, 1.165) is 5.56 Å². The molecule has 108 valence electrons. The minimum absolute atomic E-state index is 0.155. The van der Waals surface area contributed by atoms with Crippen LogP contribution in [-0.4, -0.2) is 46.8 Å². The third-order valence-corrected chi connectivity index (χ3v) is 2.75. The molecule has 0 fully saturated rings. The molecule has 2 N–H and O–H groups in total. The third-order valence-electron chi connectivity index (χ3n) is 2.75. The monoisotopic (exact) mass is 275 g/mol. The SMILES string of the molecule is Cc1ccc(C#CCO)cc1C(=O)N(C)CC(C)(C)O. The van der Waals surface area contributed by atoms with Gasteiger partial charge in [0, 0.05) is 24.7 Å².